The van der Waals surface area contributed by atoms with Crippen LogP contribution in [0.1, 0.15) is 21.1 Å². The summed E-state index contributed by atoms with van der Waals surface area (Å²) in [6.45, 7) is 6.90. The Kier molecular flexibility index (Phi) is 3.36. The quantitative estimate of drug-likeness (QED) is 0.798. The molecule has 0 radical (unpaired) electrons. The van der Waals surface area contributed by atoms with Crippen LogP contribution in [0.4, 0.5) is 5.82 Å². The van der Waals surface area contributed by atoms with E-state index in [0.717, 1.165) is 27.4 Å². The summed E-state index contributed by atoms with van der Waals surface area (Å²) in [6.07, 6.45) is 1.60. The average Bonchev–Trinajstić information content (AvgIpc) is 2.74. The van der Waals surface area contributed by atoms with E-state index >= 15 is 0 Å². The lowest BCUT2D eigenvalue weighted by Crippen LogP contribution is -2.04. The number of hydrogen-bond acceptors (Lipinski definition) is 5. The minimum absolute atomic E-state index is 0.691. The van der Waals surface area contributed by atoms with Crippen molar-refractivity contribution in [2.45, 2.75) is 27.3 Å². The Morgan fingerprint density at radius 3 is 2.75 bits per heavy atom. The van der Waals surface area contributed by atoms with Crippen molar-refractivity contribution in [3.63, 3.8) is 0 Å². The van der Waals surface area contributed by atoms with Gasteiger partial charge < -0.3 is 5.32 Å². The standard InChI is InChI=1S/C15H16N4S/c1-9-4-5-13-12(6-9)15(18-8-17-13)16-7-14-10(2)20-11(3)19-14/h4-6,8H,7H2,1-3H3,(H,16,17,18). The molecular formula is C15H16N4S. The number of thiazole rings is 1. The van der Waals surface area contributed by atoms with Gasteiger partial charge in [0, 0.05) is 10.3 Å². The monoisotopic (exact) mass is 284 g/mol. The number of anilines is 1. The molecule has 0 unspecified atom stereocenters. The number of aryl methyl sites for hydroxylation is 3. The molecule has 0 saturated carbocycles. The smallest absolute Gasteiger partial charge is 0.137 e. The van der Waals surface area contributed by atoms with E-state index in [1.54, 1.807) is 17.7 Å². The van der Waals surface area contributed by atoms with Crippen LogP contribution in [0, 0.1) is 20.8 Å². The zero-order valence-corrected chi connectivity index (χ0v) is 12.6. The minimum Gasteiger partial charge on any atom is -0.364 e. The van der Waals surface area contributed by atoms with E-state index in [0.29, 0.717) is 6.54 Å². The molecule has 3 aromatic rings. The van der Waals surface area contributed by atoms with Crippen LogP contribution >= 0.6 is 11.3 Å². The first kappa shape index (κ1) is 13.0. The highest BCUT2D eigenvalue weighted by atomic mass is 32.1. The Labute approximate surface area is 121 Å². The number of fused-ring (bicyclic) bond motifs is 1. The van der Waals surface area contributed by atoms with E-state index in [9.17, 15) is 0 Å². The van der Waals surface area contributed by atoms with Gasteiger partial charge in [0.1, 0.15) is 12.1 Å². The zero-order valence-electron chi connectivity index (χ0n) is 11.8. The van der Waals surface area contributed by atoms with Crippen LogP contribution in [-0.4, -0.2) is 15.0 Å². The molecule has 4 nitrogen and oxygen atoms in total. The molecule has 0 spiro atoms. The maximum atomic E-state index is 4.54. The van der Waals surface area contributed by atoms with Crippen LogP contribution in [0.5, 0.6) is 0 Å². The highest BCUT2D eigenvalue weighted by Crippen LogP contribution is 2.22. The first-order chi connectivity index (χ1) is 9.63. The lowest BCUT2D eigenvalue weighted by molar-refractivity contribution is 1.02. The van der Waals surface area contributed by atoms with Crippen LogP contribution in [0.2, 0.25) is 0 Å². The first-order valence-electron chi connectivity index (χ1n) is 6.51. The molecule has 0 fully saturated rings. The number of benzene rings is 1. The van der Waals surface area contributed by atoms with Gasteiger partial charge in [0.2, 0.25) is 0 Å². The van der Waals surface area contributed by atoms with E-state index in [1.807, 2.05) is 13.0 Å². The molecule has 5 heteroatoms. The van der Waals surface area contributed by atoms with Gasteiger partial charge in [0.15, 0.2) is 0 Å². The van der Waals surface area contributed by atoms with Gasteiger partial charge in [-0.25, -0.2) is 15.0 Å². The number of rotatable bonds is 3. The molecule has 0 saturated heterocycles. The van der Waals surface area contributed by atoms with Crippen molar-refractivity contribution in [2.24, 2.45) is 0 Å². The molecular weight excluding hydrogens is 268 g/mol. The summed E-state index contributed by atoms with van der Waals surface area (Å²) in [5.74, 6) is 0.865. The second kappa shape index (κ2) is 5.17. The van der Waals surface area contributed by atoms with E-state index in [2.05, 4.69) is 46.2 Å². The van der Waals surface area contributed by atoms with Crippen molar-refractivity contribution < 1.29 is 0 Å². The van der Waals surface area contributed by atoms with E-state index < -0.39 is 0 Å². The van der Waals surface area contributed by atoms with Crippen molar-refractivity contribution in [3.8, 4) is 0 Å². The first-order valence-corrected chi connectivity index (χ1v) is 7.33. The van der Waals surface area contributed by atoms with Gasteiger partial charge in [0.25, 0.3) is 0 Å². The Bertz CT molecular complexity index is 764. The molecule has 2 aromatic heterocycles. The van der Waals surface area contributed by atoms with Crippen LogP contribution in [0.25, 0.3) is 10.9 Å². The third-order valence-electron chi connectivity index (χ3n) is 3.21. The molecule has 1 aromatic carbocycles. The molecule has 0 amide bonds. The van der Waals surface area contributed by atoms with Gasteiger partial charge in [0.05, 0.1) is 22.8 Å². The van der Waals surface area contributed by atoms with E-state index in [-0.39, 0.29) is 0 Å². The second-order valence-corrected chi connectivity index (χ2v) is 6.24. The third kappa shape index (κ3) is 2.49. The highest BCUT2D eigenvalue weighted by molar-refractivity contribution is 7.11. The molecule has 3 rings (SSSR count). The molecule has 0 aliphatic rings. The van der Waals surface area contributed by atoms with Crippen LogP contribution in [0.15, 0.2) is 24.5 Å². The van der Waals surface area contributed by atoms with Gasteiger partial charge in [-0.2, -0.15) is 0 Å². The van der Waals surface area contributed by atoms with Crippen molar-refractivity contribution >= 4 is 28.1 Å². The number of nitrogens with zero attached hydrogens (tertiary/aromatic N) is 3. The zero-order chi connectivity index (χ0) is 14.1. The normalized spacial score (nSPS) is 10.9. The second-order valence-electron chi connectivity index (χ2n) is 4.83. The van der Waals surface area contributed by atoms with E-state index in [1.165, 1.54) is 10.4 Å². The molecule has 0 atom stereocenters. The topological polar surface area (TPSA) is 50.7 Å². The van der Waals surface area contributed by atoms with Gasteiger partial charge in [-0.15, -0.1) is 11.3 Å². The molecule has 102 valence electrons. The molecule has 20 heavy (non-hydrogen) atoms. The van der Waals surface area contributed by atoms with Crippen molar-refractivity contribution in [3.05, 3.63) is 45.7 Å². The maximum Gasteiger partial charge on any atom is 0.137 e. The van der Waals surface area contributed by atoms with Crippen molar-refractivity contribution in [1.82, 2.24) is 15.0 Å². The third-order valence-corrected chi connectivity index (χ3v) is 4.14. The average molecular weight is 284 g/mol. The van der Waals surface area contributed by atoms with Crippen LogP contribution in [-0.2, 0) is 6.54 Å². The van der Waals surface area contributed by atoms with Crippen LogP contribution < -0.4 is 5.32 Å². The lowest BCUT2D eigenvalue weighted by Gasteiger charge is -2.08. The lowest BCUT2D eigenvalue weighted by atomic mass is 10.1. The van der Waals surface area contributed by atoms with Gasteiger partial charge >= 0.3 is 0 Å². The van der Waals surface area contributed by atoms with Crippen LogP contribution in [0.3, 0.4) is 0 Å². The minimum atomic E-state index is 0.691. The van der Waals surface area contributed by atoms with Gasteiger partial charge in [-0.05, 0) is 32.9 Å². The fourth-order valence-electron chi connectivity index (χ4n) is 2.21. The predicted octanol–water partition coefficient (Wildman–Crippen LogP) is 3.62. The van der Waals surface area contributed by atoms with Crippen molar-refractivity contribution in [2.75, 3.05) is 5.32 Å². The molecule has 0 aliphatic heterocycles. The Balaban J connectivity index is 1.91. The summed E-state index contributed by atoms with van der Waals surface area (Å²) in [7, 11) is 0. The number of aromatic nitrogens is 3. The number of nitrogens with one attached hydrogen (secondary N) is 1. The molecule has 2 heterocycles. The Morgan fingerprint density at radius 1 is 1.15 bits per heavy atom. The fraction of sp³-hybridized carbons (Fsp3) is 0.267. The summed E-state index contributed by atoms with van der Waals surface area (Å²) >= 11 is 1.73. The Hall–Kier alpha value is -2.01. The summed E-state index contributed by atoms with van der Waals surface area (Å²) in [5, 5.41) is 5.53. The molecule has 1 N–H and O–H groups in total. The van der Waals surface area contributed by atoms with E-state index in [4.69, 9.17) is 0 Å². The highest BCUT2D eigenvalue weighted by Gasteiger charge is 2.07. The fourth-order valence-corrected chi connectivity index (χ4v) is 3.05. The summed E-state index contributed by atoms with van der Waals surface area (Å²) in [4.78, 5) is 14.4. The SMILES string of the molecule is Cc1ccc2ncnc(NCc3nc(C)sc3C)c2c1. The maximum absolute atomic E-state index is 4.54. The molecule has 0 aliphatic carbocycles. The largest absolute Gasteiger partial charge is 0.364 e. The summed E-state index contributed by atoms with van der Waals surface area (Å²) < 4.78 is 0. The summed E-state index contributed by atoms with van der Waals surface area (Å²) in [5.41, 5.74) is 3.25. The van der Waals surface area contributed by atoms with Gasteiger partial charge in [-0.3, -0.25) is 0 Å². The predicted molar refractivity (Wildman–Crippen MR) is 83.2 cm³/mol. The summed E-state index contributed by atoms with van der Waals surface area (Å²) in [6, 6.07) is 6.19. The van der Waals surface area contributed by atoms with Gasteiger partial charge in [-0.1, -0.05) is 11.6 Å². The number of hydrogen-bond donors (Lipinski definition) is 1. The van der Waals surface area contributed by atoms with Crippen molar-refractivity contribution in [1.29, 1.82) is 0 Å². The molecule has 0 bridgehead atoms. The Morgan fingerprint density at radius 2 is 2.00 bits per heavy atom.